The molecule has 0 amide bonds. The van der Waals surface area contributed by atoms with Crippen molar-refractivity contribution in [1.82, 2.24) is 5.16 Å². The number of hydrogen-bond donors (Lipinski definition) is 2. The van der Waals surface area contributed by atoms with Gasteiger partial charge in [0.1, 0.15) is 5.56 Å². The van der Waals surface area contributed by atoms with Crippen LogP contribution in [-0.2, 0) is 0 Å². The van der Waals surface area contributed by atoms with E-state index in [9.17, 15) is 4.79 Å². The van der Waals surface area contributed by atoms with Crippen LogP contribution in [-0.4, -0.2) is 16.2 Å². The number of nitrogens with two attached hydrogens (primary N) is 1. The predicted molar refractivity (Wildman–Crippen MR) is 27.9 cm³/mol. The van der Waals surface area contributed by atoms with E-state index in [4.69, 9.17) is 10.8 Å². The molecule has 5 nitrogen and oxygen atoms in total. The minimum atomic E-state index is -1.13. The fourth-order valence-electron chi connectivity index (χ4n) is 0.409. The SMILES string of the molecule is Nc1oncc1C(=O)O. The lowest BCUT2D eigenvalue weighted by molar-refractivity contribution is 0.0697. The van der Waals surface area contributed by atoms with Gasteiger partial charge in [0, 0.05) is 0 Å². The van der Waals surface area contributed by atoms with Crippen molar-refractivity contribution in [1.29, 1.82) is 0 Å². The van der Waals surface area contributed by atoms with E-state index in [1.807, 2.05) is 0 Å². The zero-order valence-electron chi connectivity index (χ0n) is 4.37. The second-order valence-electron chi connectivity index (χ2n) is 1.41. The van der Waals surface area contributed by atoms with E-state index in [1.54, 1.807) is 0 Å². The van der Waals surface area contributed by atoms with Gasteiger partial charge in [0.25, 0.3) is 0 Å². The van der Waals surface area contributed by atoms with Gasteiger partial charge in [-0.2, -0.15) is 0 Å². The average Bonchev–Trinajstić information content (AvgIpc) is 2.13. The molecule has 9 heavy (non-hydrogen) atoms. The molecule has 1 rings (SSSR count). The number of carboxylic acid groups (broad SMARTS) is 1. The van der Waals surface area contributed by atoms with Crippen molar-refractivity contribution < 1.29 is 14.4 Å². The highest BCUT2D eigenvalue weighted by molar-refractivity contribution is 5.91. The molecule has 0 aliphatic heterocycles. The average molecular weight is 128 g/mol. The third kappa shape index (κ3) is 0.835. The first-order valence-electron chi connectivity index (χ1n) is 2.15. The lowest BCUT2D eigenvalue weighted by Gasteiger charge is -1.82. The fraction of sp³-hybridized carbons (Fsp3) is 0. The van der Waals surface area contributed by atoms with Gasteiger partial charge >= 0.3 is 5.97 Å². The van der Waals surface area contributed by atoms with Gasteiger partial charge in [-0.05, 0) is 0 Å². The van der Waals surface area contributed by atoms with Crippen LogP contribution in [0.1, 0.15) is 10.4 Å². The van der Waals surface area contributed by atoms with Crippen LogP contribution in [0.15, 0.2) is 10.7 Å². The van der Waals surface area contributed by atoms with Crippen molar-refractivity contribution in [2.75, 3.05) is 5.73 Å². The highest BCUT2D eigenvalue weighted by atomic mass is 16.5. The van der Waals surface area contributed by atoms with Crippen molar-refractivity contribution in [2.45, 2.75) is 0 Å². The number of aromatic nitrogens is 1. The molecule has 0 fully saturated rings. The van der Waals surface area contributed by atoms with Gasteiger partial charge in [-0.15, -0.1) is 0 Å². The Labute approximate surface area is 50.1 Å². The van der Waals surface area contributed by atoms with E-state index >= 15 is 0 Å². The van der Waals surface area contributed by atoms with Crippen LogP contribution >= 0.6 is 0 Å². The molecule has 1 aromatic heterocycles. The molecule has 0 radical (unpaired) electrons. The zero-order valence-corrected chi connectivity index (χ0v) is 4.37. The summed E-state index contributed by atoms with van der Waals surface area (Å²) in [5, 5.41) is 11.4. The van der Waals surface area contributed by atoms with Crippen molar-refractivity contribution >= 4 is 11.9 Å². The standard InChI is InChI=1S/C4H4N2O3/c5-3-2(4(7)8)1-6-9-3/h1H,5H2,(H,7,8). The fourth-order valence-corrected chi connectivity index (χ4v) is 0.409. The third-order valence-corrected chi connectivity index (χ3v) is 0.829. The van der Waals surface area contributed by atoms with Crippen LogP contribution in [0.4, 0.5) is 5.88 Å². The van der Waals surface area contributed by atoms with Gasteiger partial charge < -0.3 is 15.4 Å². The summed E-state index contributed by atoms with van der Waals surface area (Å²) >= 11 is 0. The van der Waals surface area contributed by atoms with Crippen molar-refractivity contribution in [3.8, 4) is 0 Å². The van der Waals surface area contributed by atoms with Crippen LogP contribution in [0, 0.1) is 0 Å². The summed E-state index contributed by atoms with van der Waals surface area (Å²) in [6.45, 7) is 0. The Balaban J connectivity index is 3.08. The molecular formula is C4H4N2O3. The summed E-state index contributed by atoms with van der Waals surface area (Å²) in [6, 6.07) is 0. The van der Waals surface area contributed by atoms with Gasteiger partial charge in [0.15, 0.2) is 0 Å². The van der Waals surface area contributed by atoms with Crippen LogP contribution in [0.5, 0.6) is 0 Å². The maximum atomic E-state index is 10.1. The number of anilines is 1. The Bertz CT molecular complexity index is 229. The van der Waals surface area contributed by atoms with Crippen LogP contribution in [0.2, 0.25) is 0 Å². The maximum Gasteiger partial charge on any atom is 0.342 e. The number of hydrogen-bond acceptors (Lipinski definition) is 4. The number of carboxylic acids is 1. The molecular weight excluding hydrogens is 124 g/mol. The summed E-state index contributed by atoms with van der Waals surface area (Å²) in [7, 11) is 0. The topological polar surface area (TPSA) is 89.4 Å². The largest absolute Gasteiger partial charge is 0.477 e. The number of nitrogen functional groups attached to an aromatic ring is 1. The number of nitrogens with zero attached hydrogens (tertiary/aromatic N) is 1. The lowest BCUT2D eigenvalue weighted by Crippen LogP contribution is -1.97. The highest BCUT2D eigenvalue weighted by Crippen LogP contribution is 2.07. The van der Waals surface area contributed by atoms with E-state index < -0.39 is 5.97 Å². The minimum absolute atomic E-state index is 0.102. The van der Waals surface area contributed by atoms with Crippen molar-refractivity contribution in [2.24, 2.45) is 0 Å². The van der Waals surface area contributed by atoms with Crippen LogP contribution < -0.4 is 5.73 Å². The van der Waals surface area contributed by atoms with E-state index in [-0.39, 0.29) is 11.4 Å². The number of aromatic carboxylic acids is 1. The monoisotopic (exact) mass is 128 g/mol. The highest BCUT2D eigenvalue weighted by Gasteiger charge is 2.10. The molecule has 5 heteroatoms. The second-order valence-corrected chi connectivity index (χ2v) is 1.41. The molecule has 1 aromatic rings. The third-order valence-electron chi connectivity index (χ3n) is 0.829. The molecule has 48 valence electrons. The van der Waals surface area contributed by atoms with E-state index in [1.165, 1.54) is 0 Å². The van der Waals surface area contributed by atoms with Crippen molar-refractivity contribution in [3.63, 3.8) is 0 Å². The van der Waals surface area contributed by atoms with E-state index in [0.717, 1.165) is 6.20 Å². The molecule has 0 saturated carbocycles. The molecule has 3 N–H and O–H groups in total. The first kappa shape index (κ1) is 5.61. The maximum absolute atomic E-state index is 10.1. The number of rotatable bonds is 1. The molecule has 0 unspecified atom stereocenters. The van der Waals surface area contributed by atoms with Gasteiger partial charge in [0.2, 0.25) is 5.88 Å². The Morgan fingerprint density at radius 2 is 2.56 bits per heavy atom. The molecule has 1 heterocycles. The van der Waals surface area contributed by atoms with Crippen LogP contribution in [0.25, 0.3) is 0 Å². The normalized spacial score (nSPS) is 9.33. The summed E-state index contributed by atoms with van der Waals surface area (Å²) in [5.74, 6) is -1.30. The molecule has 0 aliphatic rings. The van der Waals surface area contributed by atoms with E-state index in [2.05, 4.69) is 9.68 Å². The smallest absolute Gasteiger partial charge is 0.342 e. The molecule has 0 saturated heterocycles. The first-order valence-corrected chi connectivity index (χ1v) is 2.15. The lowest BCUT2D eigenvalue weighted by atomic mass is 10.3. The zero-order chi connectivity index (χ0) is 6.85. The van der Waals surface area contributed by atoms with E-state index in [0.29, 0.717) is 0 Å². The van der Waals surface area contributed by atoms with Crippen LogP contribution in [0.3, 0.4) is 0 Å². The minimum Gasteiger partial charge on any atom is -0.477 e. The Morgan fingerprint density at radius 3 is 2.78 bits per heavy atom. The van der Waals surface area contributed by atoms with Gasteiger partial charge in [-0.1, -0.05) is 5.16 Å². The molecule has 0 spiro atoms. The van der Waals surface area contributed by atoms with Gasteiger partial charge in [0.05, 0.1) is 6.20 Å². The Morgan fingerprint density at radius 1 is 1.89 bits per heavy atom. The number of carbonyl (C=O) groups is 1. The Kier molecular flexibility index (Phi) is 1.11. The summed E-state index contributed by atoms with van der Waals surface area (Å²) < 4.78 is 4.27. The van der Waals surface area contributed by atoms with Gasteiger partial charge in [-0.25, -0.2) is 4.79 Å². The molecule has 0 atom stereocenters. The molecule has 0 aromatic carbocycles. The Hall–Kier alpha value is -1.52. The predicted octanol–water partition coefficient (Wildman–Crippen LogP) is -0.0450. The summed E-state index contributed by atoms with van der Waals surface area (Å²) in [6.07, 6.45) is 1.05. The summed E-state index contributed by atoms with van der Waals surface area (Å²) in [4.78, 5) is 10.1. The first-order chi connectivity index (χ1) is 4.22. The summed E-state index contributed by atoms with van der Waals surface area (Å²) in [5.41, 5.74) is 4.93. The molecule has 0 bridgehead atoms. The molecule has 0 aliphatic carbocycles. The van der Waals surface area contributed by atoms with Gasteiger partial charge in [-0.3, -0.25) is 0 Å². The quantitative estimate of drug-likeness (QED) is 0.553. The van der Waals surface area contributed by atoms with Crippen molar-refractivity contribution in [3.05, 3.63) is 11.8 Å². The second kappa shape index (κ2) is 1.77.